The number of benzene rings is 2. The van der Waals surface area contributed by atoms with Gasteiger partial charge in [0.05, 0.1) is 24.8 Å². The molecule has 0 amide bonds. The summed E-state index contributed by atoms with van der Waals surface area (Å²) >= 11 is 0. The van der Waals surface area contributed by atoms with Gasteiger partial charge in [0.1, 0.15) is 0 Å². The summed E-state index contributed by atoms with van der Waals surface area (Å²) < 4.78 is 13.4. The predicted octanol–water partition coefficient (Wildman–Crippen LogP) is 3.37. The van der Waals surface area contributed by atoms with Gasteiger partial charge in [-0.1, -0.05) is 32.0 Å². The molecule has 1 aromatic heterocycles. The highest BCUT2D eigenvalue weighted by molar-refractivity contribution is 5.94. The summed E-state index contributed by atoms with van der Waals surface area (Å²) in [5.41, 5.74) is 8.83. The molecule has 7 heteroatoms. The van der Waals surface area contributed by atoms with E-state index in [9.17, 15) is 0 Å². The Balaban J connectivity index is 1.78. The van der Waals surface area contributed by atoms with E-state index in [1.54, 1.807) is 7.11 Å². The summed E-state index contributed by atoms with van der Waals surface area (Å²) in [4.78, 5) is 9.23. The topological polar surface area (TPSA) is 86.7 Å². The minimum atomic E-state index is -0.332. The molecule has 27 heavy (non-hydrogen) atoms. The largest absolute Gasteiger partial charge is 0.493 e. The standard InChI is InChI=1S/C20H23N5O2/c1-12(2)11-27-16-9-8-13(10-17(16)26-3)18-23-19(21)24-20-22-14-6-4-5-7-15(14)25(18)20/h4-10,12,18H,11H2,1-3H3,(H3,21,22,23,24)/t18-/m1/s1. The number of para-hydroxylation sites is 2. The Morgan fingerprint density at radius 3 is 2.78 bits per heavy atom. The van der Waals surface area contributed by atoms with Crippen molar-refractivity contribution < 1.29 is 9.47 Å². The minimum absolute atomic E-state index is 0.332. The molecular weight excluding hydrogens is 342 g/mol. The van der Waals surface area contributed by atoms with Gasteiger partial charge in [0.15, 0.2) is 23.6 Å². The number of nitrogens with two attached hydrogens (primary N) is 1. The molecule has 0 spiro atoms. The first-order valence-corrected chi connectivity index (χ1v) is 8.95. The molecule has 0 saturated carbocycles. The van der Waals surface area contributed by atoms with Gasteiger partial charge in [-0.25, -0.2) is 9.98 Å². The first-order valence-electron chi connectivity index (χ1n) is 8.95. The Morgan fingerprint density at radius 1 is 1.19 bits per heavy atom. The van der Waals surface area contributed by atoms with Crippen molar-refractivity contribution in [2.24, 2.45) is 16.6 Å². The highest BCUT2D eigenvalue weighted by Gasteiger charge is 2.25. The fourth-order valence-electron chi connectivity index (χ4n) is 3.16. The maximum Gasteiger partial charge on any atom is 0.212 e. The summed E-state index contributed by atoms with van der Waals surface area (Å²) in [7, 11) is 1.64. The van der Waals surface area contributed by atoms with Crippen LogP contribution in [0.2, 0.25) is 0 Å². The van der Waals surface area contributed by atoms with E-state index in [0.717, 1.165) is 22.3 Å². The fraction of sp³-hybridized carbons (Fsp3) is 0.300. The van der Waals surface area contributed by atoms with Crippen LogP contribution in [0.15, 0.2) is 47.5 Å². The number of methoxy groups -OCH3 is 1. The van der Waals surface area contributed by atoms with E-state index in [1.807, 2.05) is 47.0 Å². The number of hydrogen-bond acceptors (Lipinski definition) is 6. The molecule has 0 saturated heterocycles. The van der Waals surface area contributed by atoms with E-state index in [-0.39, 0.29) is 6.17 Å². The number of anilines is 1. The molecule has 0 bridgehead atoms. The molecule has 1 aliphatic rings. The van der Waals surface area contributed by atoms with Crippen molar-refractivity contribution >= 4 is 22.9 Å². The third kappa shape index (κ3) is 3.16. The number of guanidine groups is 1. The molecule has 0 aliphatic carbocycles. The highest BCUT2D eigenvalue weighted by atomic mass is 16.5. The van der Waals surface area contributed by atoms with Crippen LogP contribution in [0.4, 0.5) is 5.95 Å². The van der Waals surface area contributed by atoms with Crippen LogP contribution in [0.1, 0.15) is 25.6 Å². The monoisotopic (exact) mass is 365 g/mol. The summed E-state index contributed by atoms with van der Waals surface area (Å²) in [5, 5.41) is 3.05. The van der Waals surface area contributed by atoms with Crippen LogP contribution in [-0.4, -0.2) is 29.2 Å². The first-order chi connectivity index (χ1) is 13.1. The number of imidazole rings is 1. The lowest BCUT2D eigenvalue weighted by Crippen LogP contribution is -2.31. The average Bonchev–Trinajstić information content (AvgIpc) is 3.03. The molecule has 140 valence electrons. The number of hydrogen-bond donors (Lipinski definition) is 2. The number of nitrogens with zero attached hydrogens (tertiary/aromatic N) is 3. The lowest BCUT2D eigenvalue weighted by Gasteiger charge is -2.24. The third-order valence-electron chi connectivity index (χ3n) is 4.40. The minimum Gasteiger partial charge on any atom is -0.493 e. The number of rotatable bonds is 5. The smallest absolute Gasteiger partial charge is 0.212 e. The maximum absolute atomic E-state index is 6.01. The van der Waals surface area contributed by atoms with Crippen LogP contribution in [0.5, 0.6) is 11.5 Å². The van der Waals surface area contributed by atoms with Gasteiger partial charge in [-0.3, -0.25) is 9.88 Å². The molecule has 2 aromatic carbocycles. The van der Waals surface area contributed by atoms with Gasteiger partial charge < -0.3 is 15.2 Å². The second-order valence-electron chi connectivity index (χ2n) is 6.92. The Morgan fingerprint density at radius 2 is 2.00 bits per heavy atom. The van der Waals surface area contributed by atoms with E-state index in [0.29, 0.717) is 30.2 Å². The van der Waals surface area contributed by atoms with E-state index in [1.165, 1.54) is 0 Å². The molecule has 1 aliphatic heterocycles. The van der Waals surface area contributed by atoms with Crippen LogP contribution in [0.3, 0.4) is 0 Å². The van der Waals surface area contributed by atoms with Crippen molar-refractivity contribution in [3.05, 3.63) is 48.0 Å². The normalized spacial score (nSPS) is 16.0. The van der Waals surface area contributed by atoms with Crippen LogP contribution < -0.4 is 20.5 Å². The first kappa shape index (κ1) is 17.2. The SMILES string of the molecule is COc1cc([C@@H]2N=C(N)Nc3nc4ccccc4n32)ccc1OCC(C)C. The number of aliphatic imine (C=N–C) groups is 1. The van der Waals surface area contributed by atoms with Crippen LogP contribution >= 0.6 is 0 Å². The number of nitrogens with one attached hydrogen (secondary N) is 1. The second kappa shape index (κ2) is 6.83. The zero-order chi connectivity index (χ0) is 19.0. The summed E-state index contributed by atoms with van der Waals surface area (Å²) in [5.74, 6) is 2.83. The van der Waals surface area contributed by atoms with Crippen molar-refractivity contribution in [3.8, 4) is 11.5 Å². The van der Waals surface area contributed by atoms with Crippen molar-refractivity contribution in [2.45, 2.75) is 20.0 Å². The van der Waals surface area contributed by atoms with E-state index >= 15 is 0 Å². The third-order valence-corrected chi connectivity index (χ3v) is 4.40. The molecule has 1 atom stereocenters. The van der Waals surface area contributed by atoms with Crippen molar-refractivity contribution in [2.75, 3.05) is 19.0 Å². The van der Waals surface area contributed by atoms with Crippen LogP contribution in [0.25, 0.3) is 11.0 Å². The lowest BCUT2D eigenvalue weighted by atomic mass is 10.1. The zero-order valence-electron chi connectivity index (χ0n) is 15.6. The molecule has 3 N–H and O–H groups in total. The molecular formula is C20H23N5O2. The Bertz CT molecular complexity index is 1010. The molecule has 0 fully saturated rings. The van der Waals surface area contributed by atoms with Crippen molar-refractivity contribution in [3.63, 3.8) is 0 Å². The number of fused-ring (bicyclic) bond motifs is 3. The second-order valence-corrected chi connectivity index (χ2v) is 6.92. The summed E-state index contributed by atoms with van der Waals surface area (Å²) in [6.07, 6.45) is -0.332. The van der Waals surface area contributed by atoms with Crippen molar-refractivity contribution in [1.29, 1.82) is 0 Å². The highest BCUT2D eigenvalue weighted by Crippen LogP contribution is 2.36. The Kier molecular flexibility index (Phi) is 4.35. The summed E-state index contributed by atoms with van der Waals surface area (Å²) in [6.45, 7) is 4.85. The lowest BCUT2D eigenvalue weighted by molar-refractivity contribution is 0.256. The number of ether oxygens (including phenoxy) is 2. The van der Waals surface area contributed by atoms with Gasteiger partial charge in [-0.2, -0.15) is 0 Å². The van der Waals surface area contributed by atoms with Gasteiger partial charge >= 0.3 is 0 Å². The summed E-state index contributed by atoms with van der Waals surface area (Å²) in [6, 6.07) is 13.8. The zero-order valence-corrected chi connectivity index (χ0v) is 15.6. The predicted molar refractivity (Wildman–Crippen MR) is 106 cm³/mol. The van der Waals surface area contributed by atoms with Gasteiger partial charge in [0.2, 0.25) is 5.95 Å². The van der Waals surface area contributed by atoms with Crippen LogP contribution in [-0.2, 0) is 0 Å². The Labute approximate surface area is 157 Å². The van der Waals surface area contributed by atoms with E-state index in [4.69, 9.17) is 15.2 Å². The Hall–Kier alpha value is -3.22. The van der Waals surface area contributed by atoms with Gasteiger partial charge in [-0.15, -0.1) is 0 Å². The van der Waals surface area contributed by atoms with Gasteiger partial charge in [0.25, 0.3) is 0 Å². The molecule has 0 radical (unpaired) electrons. The fourth-order valence-corrected chi connectivity index (χ4v) is 3.16. The molecule has 7 nitrogen and oxygen atoms in total. The molecule has 2 heterocycles. The molecule has 0 unspecified atom stereocenters. The molecule has 3 aromatic rings. The maximum atomic E-state index is 6.01. The van der Waals surface area contributed by atoms with Gasteiger partial charge in [0, 0.05) is 5.56 Å². The van der Waals surface area contributed by atoms with Crippen LogP contribution in [0, 0.1) is 5.92 Å². The molecule has 4 rings (SSSR count). The van der Waals surface area contributed by atoms with E-state index < -0.39 is 0 Å². The van der Waals surface area contributed by atoms with Crippen molar-refractivity contribution in [1.82, 2.24) is 9.55 Å². The van der Waals surface area contributed by atoms with E-state index in [2.05, 4.69) is 29.1 Å². The quantitative estimate of drug-likeness (QED) is 0.724. The number of aromatic nitrogens is 2. The average molecular weight is 365 g/mol. The van der Waals surface area contributed by atoms with Gasteiger partial charge in [-0.05, 0) is 30.2 Å².